The molecule has 10 heteroatoms. The van der Waals surface area contributed by atoms with Crippen LogP contribution in [0.2, 0.25) is 0 Å². The van der Waals surface area contributed by atoms with Gasteiger partial charge in [0.15, 0.2) is 12.6 Å². The highest BCUT2D eigenvalue weighted by Crippen LogP contribution is 2.31. The zero-order chi connectivity index (χ0) is 28.0. The van der Waals surface area contributed by atoms with Crippen LogP contribution in [0.15, 0.2) is 58.3 Å². The first kappa shape index (κ1) is 29.1. The Bertz CT molecular complexity index is 1280. The maximum absolute atomic E-state index is 11.0. The summed E-state index contributed by atoms with van der Waals surface area (Å²) < 4.78 is 2.60. The lowest BCUT2D eigenvalue weighted by molar-refractivity contribution is 0.111. The van der Waals surface area contributed by atoms with Gasteiger partial charge in [0.25, 0.3) is 0 Å². The number of thioether (sulfide) groups is 2. The Labute approximate surface area is 231 Å². The van der Waals surface area contributed by atoms with Crippen LogP contribution in [0, 0.1) is 0 Å². The van der Waals surface area contributed by atoms with E-state index in [1.54, 1.807) is 37.6 Å². The standard InChI is InChI=1S/2C14H16N2O2S/c2*1-9(2)19-11-6-4-10(5-7-11)13-12(8-17)14(18)16(3)15-13/h2*4-9,18H,1-3H3. The Morgan fingerprint density at radius 1 is 0.658 bits per heavy atom. The van der Waals surface area contributed by atoms with Gasteiger partial charge >= 0.3 is 0 Å². The van der Waals surface area contributed by atoms with Crippen molar-refractivity contribution in [2.24, 2.45) is 14.1 Å². The Kier molecular flexibility index (Phi) is 9.82. The van der Waals surface area contributed by atoms with Crippen molar-refractivity contribution in [1.29, 1.82) is 0 Å². The zero-order valence-corrected chi connectivity index (χ0v) is 23.9. The van der Waals surface area contributed by atoms with Gasteiger partial charge in [0.2, 0.25) is 11.8 Å². The minimum Gasteiger partial charge on any atom is -0.493 e. The van der Waals surface area contributed by atoms with Crippen molar-refractivity contribution in [2.45, 2.75) is 48.0 Å². The van der Waals surface area contributed by atoms with E-state index in [4.69, 9.17) is 0 Å². The van der Waals surface area contributed by atoms with E-state index in [0.29, 0.717) is 34.5 Å². The van der Waals surface area contributed by atoms with Crippen molar-refractivity contribution in [3.63, 3.8) is 0 Å². The van der Waals surface area contributed by atoms with Crippen molar-refractivity contribution in [1.82, 2.24) is 19.6 Å². The van der Waals surface area contributed by atoms with Crippen LogP contribution in [-0.2, 0) is 14.1 Å². The van der Waals surface area contributed by atoms with Crippen molar-refractivity contribution in [3.05, 3.63) is 59.7 Å². The predicted octanol–water partition coefficient (Wildman–Crippen LogP) is 6.21. The fraction of sp³-hybridized carbons (Fsp3) is 0.286. The Morgan fingerprint density at radius 3 is 1.24 bits per heavy atom. The number of aryl methyl sites for hydroxylation is 2. The molecule has 38 heavy (non-hydrogen) atoms. The van der Waals surface area contributed by atoms with Crippen LogP contribution >= 0.6 is 23.5 Å². The van der Waals surface area contributed by atoms with Crippen LogP contribution in [-0.4, -0.2) is 52.8 Å². The van der Waals surface area contributed by atoms with E-state index in [-0.39, 0.29) is 22.9 Å². The average molecular weight is 553 g/mol. The van der Waals surface area contributed by atoms with Crippen molar-refractivity contribution < 1.29 is 19.8 Å². The molecule has 0 unspecified atom stereocenters. The van der Waals surface area contributed by atoms with Gasteiger partial charge in [0.05, 0.1) is 0 Å². The molecule has 0 aliphatic carbocycles. The van der Waals surface area contributed by atoms with E-state index in [1.165, 1.54) is 19.2 Å². The first-order chi connectivity index (χ1) is 18.0. The molecule has 0 atom stereocenters. The highest BCUT2D eigenvalue weighted by molar-refractivity contribution is 8.00. The average Bonchev–Trinajstić information content (AvgIpc) is 3.33. The second-order valence-corrected chi connectivity index (χ2v) is 12.3. The number of nitrogens with zero attached hydrogens (tertiary/aromatic N) is 4. The molecule has 0 aliphatic heterocycles. The molecule has 0 aliphatic rings. The van der Waals surface area contributed by atoms with Crippen LogP contribution in [0.1, 0.15) is 48.4 Å². The maximum Gasteiger partial charge on any atom is 0.220 e. The summed E-state index contributed by atoms with van der Waals surface area (Å²) >= 11 is 3.55. The minimum absolute atomic E-state index is 0.106. The summed E-state index contributed by atoms with van der Waals surface area (Å²) in [7, 11) is 3.21. The summed E-state index contributed by atoms with van der Waals surface area (Å²) in [5, 5.41) is 28.8. The van der Waals surface area contributed by atoms with Gasteiger partial charge in [-0.2, -0.15) is 10.2 Å². The van der Waals surface area contributed by atoms with E-state index in [1.807, 2.05) is 48.5 Å². The molecule has 2 aromatic heterocycles. The second-order valence-electron chi connectivity index (χ2n) is 9.04. The molecule has 0 amide bonds. The first-order valence-corrected chi connectivity index (χ1v) is 13.8. The molecule has 4 rings (SSSR count). The van der Waals surface area contributed by atoms with E-state index >= 15 is 0 Å². The summed E-state index contributed by atoms with van der Waals surface area (Å²) in [4.78, 5) is 24.4. The van der Waals surface area contributed by atoms with Gasteiger partial charge in [0, 0.05) is 45.5 Å². The number of carbonyl (C=O) groups is 2. The fourth-order valence-corrected chi connectivity index (χ4v) is 5.31. The van der Waals surface area contributed by atoms with E-state index in [9.17, 15) is 19.8 Å². The third-order valence-electron chi connectivity index (χ3n) is 5.34. The molecule has 8 nitrogen and oxygen atoms in total. The number of aromatic hydroxyl groups is 2. The van der Waals surface area contributed by atoms with Gasteiger partial charge < -0.3 is 10.2 Å². The number of carbonyl (C=O) groups excluding carboxylic acids is 2. The van der Waals surface area contributed by atoms with Gasteiger partial charge in [-0.3, -0.25) is 9.59 Å². The second kappa shape index (κ2) is 12.8. The Balaban J connectivity index is 0.000000211. The number of benzene rings is 2. The monoisotopic (exact) mass is 552 g/mol. The number of aromatic nitrogens is 4. The van der Waals surface area contributed by atoms with Crippen LogP contribution in [0.4, 0.5) is 0 Å². The van der Waals surface area contributed by atoms with Crippen LogP contribution in [0.5, 0.6) is 11.8 Å². The Hall–Kier alpha value is -3.50. The third-order valence-corrected chi connectivity index (χ3v) is 7.37. The molecule has 2 aromatic carbocycles. The van der Waals surface area contributed by atoms with Gasteiger partial charge in [-0.15, -0.1) is 23.5 Å². The highest BCUT2D eigenvalue weighted by atomic mass is 32.2. The van der Waals surface area contributed by atoms with E-state index in [0.717, 1.165) is 11.1 Å². The topological polar surface area (TPSA) is 110 Å². The summed E-state index contributed by atoms with van der Waals surface area (Å²) in [6.45, 7) is 8.56. The first-order valence-electron chi connectivity index (χ1n) is 12.0. The van der Waals surface area contributed by atoms with E-state index in [2.05, 4.69) is 37.9 Å². The molecular weight excluding hydrogens is 520 g/mol. The van der Waals surface area contributed by atoms with Gasteiger partial charge in [-0.05, 0) is 24.3 Å². The molecule has 2 N–H and O–H groups in total. The molecule has 0 spiro atoms. The third kappa shape index (κ3) is 6.87. The smallest absolute Gasteiger partial charge is 0.220 e. The predicted molar refractivity (Wildman–Crippen MR) is 153 cm³/mol. The molecule has 0 bridgehead atoms. The van der Waals surface area contributed by atoms with Crippen molar-refractivity contribution >= 4 is 36.1 Å². The van der Waals surface area contributed by atoms with Gasteiger partial charge in [-0.25, -0.2) is 9.36 Å². The summed E-state index contributed by atoms with van der Waals surface area (Å²) in [6.07, 6.45) is 1.27. The number of aldehydes is 2. The normalized spacial score (nSPS) is 10.9. The molecule has 2 heterocycles. The van der Waals surface area contributed by atoms with Crippen molar-refractivity contribution in [3.8, 4) is 34.3 Å². The molecule has 4 aromatic rings. The SMILES string of the molecule is CC(C)Sc1ccc(-c2nn(C)c(O)c2C=O)cc1.CC(C)Sc1ccc(-c2nn(C)c(O)c2C=O)cc1. The lowest BCUT2D eigenvalue weighted by Gasteiger charge is -2.05. The number of hydrogen-bond acceptors (Lipinski definition) is 8. The van der Waals surface area contributed by atoms with E-state index < -0.39 is 0 Å². The van der Waals surface area contributed by atoms with Gasteiger partial charge in [0.1, 0.15) is 22.5 Å². The quantitative estimate of drug-likeness (QED) is 0.196. The molecule has 0 radical (unpaired) electrons. The largest absolute Gasteiger partial charge is 0.493 e. The van der Waals surface area contributed by atoms with Crippen LogP contribution in [0.3, 0.4) is 0 Å². The van der Waals surface area contributed by atoms with Crippen LogP contribution < -0.4 is 0 Å². The zero-order valence-electron chi connectivity index (χ0n) is 22.2. The molecule has 0 saturated carbocycles. The number of hydrogen-bond donors (Lipinski definition) is 2. The van der Waals surface area contributed by atoms with Gasteiger partial charge in [-0.1, -0.05) is 52.0 Å². The lowest BCUT2D eigenvalue weighted by atomic mass is 10.1. The molecular formula is C28H32N4O4S2. The van der Waals surface area contributed by atoms with Crippen LogP contribution in [0.25, 0.3) is 22.5 Å². The molecule has 200 valence electrons. The lowest BCUT2D eigenvalue weighted by Crippen LogP contribution is -1.89. The Morgan fingerprint density at radius 2 is 0.974 bits per heavy atom. The van der Waals surface area contributed by atoms with Crippen molar-refractivity contribution in [2.75, 3.05) is 0 Å². The molecule has 0 fully saturated rings. The number of rotatable bonds is 8. The summed E-state index contributed by atoms with van der Waals surface area (Å²) in [5.74, 6) is -0.212. The summed E-state index contributed by atoms with van der Waals surface area (Å²) in [5.41, 5.74) is 3.13. The summed E-state index contributed by atoms with van der Waals surface area (Å²) in [6, 6.07) is 15.7. The highest BCUT2D eigenvalue weighted by Gasteiger charge is 2.17. The fourth-order valence-electron chi connectivity index (χ4n) is 3.63. The minimum atomic E-state index is -0.106. The molecule has 0 saturated heterocycles. The maximum atomic E-state index is 11.0.